The number of unbranched alkanes of at least 4 members (excludes halogenated alkanes) is 3. The molecule has 0 atom stereocenters. The molecule has 0 aromatic carbocycles. The zero-order valence-corrected chi connectivity index (χ0v) is 11.7. The van der Waals surface area contributed by atoms with Crippen LogP contribution in [0, 0.1) is 0 Å². The standard InChI is InChI=1S/C13H27F3N2/c1-3-5-6-7-8-17-9-11-18(10-4-2)12-13(14,15)16/h17H,3-12H2,1-2H3. The zero-order valence-electron chi connectivity index (χ0n) is 11.7. The van der Waals surface area contributed by atoms with Gasteiger partial charge in [0.15, 0.2) is 0 Å². The highest BCUT2D eigenvalue weighted by atomic mass is 19.4. The molecular weight excluding hydrogens is 241 g/mol. The van der Waals surface area contributed by atoms with Gasteiger partial charge in [-0.3, -0.25) is 4.90 Å². The van der Waals surface area contributed by atoms with E-state index in [1.165, 1.54) is 24.2 Å². The molecular formula is C13H27F3N2. The molecule has 0 bridgehead atoms. The van der Waals surface area contributed by atoms with Crippen LogP contribution >= 0.6 is 0 Å². The number of halogens is 3. The molecule has 0 radical (unpaired) electrons. The minimum Gasteiger partial charge on any atom is -0.315 e. The third-order valence-corrected chi connectivity index (χ3v) is 2.75. The lowest BCUT2D eigenvalue weighted by Gasteiger charge is -2.23. The molecule has 18 heavy (non-hydrogen) atoms. The molecule has 5 heteroatoms. The van der Waals surface area contributed by atoms with E-state index in [1.807, 2.05) is 6.92 Å². The second-order valence-corrected chi connectivity index (χ2v) is 4.70. The third-order valence-electron chi connectivity index (χ3n) is 2.75. The van der Waals surface area contributed by atoms with Gasteiger partial charge < -0.3 is 5.32 Å². The Morgan fingerprint density at radius 2 is 1.61 bits per heavy atom. The summed E-state index contributed by atoms with van der Waals surface area (Å²) >= 11 is 0. The maximum Gasteiger partial charge on any atom is 0.401 e. The number of nitrogens with zero attached hydrogens (tertiary/aromatic N) is 1. The number of hydrogen-bond donors (Lipinski definition) is 1. The van der Waals surface area contributed by atoms with Gasteiger partial charge in [0.05, 0.1) is 6.54 Å². The van der Waals surface area contributed by atoms with Gasteiger partial charge in [-0.05, 0) is 25.9 Å². The molecule has 0 aliphatic carbocycles. The summed E-state index contributed by atoms with van der Waals surface area (Å²) in [6.45, 7) is 5.80. The minimum atomic E-state index is -4.09. The molecule has 0 unspecified atom stereocenters. The van der Waals surface area contributed by atoms with Gasteiger partial charge in [-0.1, -0.05) is 33.1 Å². The largest absolute Gasteiger partial charge is 0.401 e. The lowest BCUT2D eigenvalue weighted by molar-refractivity contribution is -0.145. The van der Waals surface area contributed by atoms with Crippen LogP contribution in [0.15, 0.2) is 0 Å². The lowest BCUT2D eigenvalue weighted by atomic mass is 10.2. The zero-order chi connectivity index (χ0) is 13.9. The van der Waals surface area contributed by atoms with Crippen LogP contribution in [-0.2, 0) is 0 Å². The van der Waals surface area contributed by atoms with E-state index in [9.17, 15) is 13.2 Å². The van der Waals surface area contributed by atoms with Gasteiger partial charge in [-0.25, -0.2) is 0 Å². The van der Waals surface area contributed by atoms with Crippen LogP contribution in [0.5, 0.6) is 0 Å². The average molecular weight is 268 g/mol. The van der Waals surface area contributed by atoms with Crippen LogP contribution in [0.3, 0.4) is 0 Å². The minimum absolute atomic E-state index is 0.473. The highest BCUT2D eigenvalue weighted by molar-refractivity contribution is 4.64. The summed E-state index contributed by atoms with van der Waals surface area (Å²) in [5.74, 6) is 0. The van der Waals surface area contributed by atoms with Gasteiger partial charge in [0.1, 0.15) is 0 Å². The van der Waals surface area contributed by atoms with Crippen molar-refractivity contribution in [3.63, 3.8) is 0 Å². The topological polar surface area (TPSA) is 15.3 Å². The van der Waals surface area contributed by atoms with E-state index in [1.54, 1.807) is 0 Å². The Bertz CT molecular complexity index is 184. The molecule has 0 saturated carbocycles. The molecule has 0 spiro atoms. The average Bonchev–Trinajstić information content (AvgIpc) is 2.26. The van der Waals surface area contributed by atoms with Crippen LogP contribution in [0.25, 0.3) is 0 Å². The molecule has 0 aromatic heterocycles. The van der Waals surface area contributed by atoms with Gasteiger partial charge in [-0.15, -0.1) is 0 Å². The van der Waals surface area contributed by atoms with Crippen molar-refractivity contribution in [3.05, 3.63) is 0 Å². The molecule has 0 rings (SSSR count). The highest BCUT2D eigenvalue weighted by Gasteiger charge is 2.29. The first-order valence-corrected chi connectivity index (χ1v) is 6.99. The molecule has 0 fully saturated rings. The molecule has 1 N–H and O–H groups in total. The number of rotatable bonds is 11. The summed E-state index contributed by atoms with van der Waals surface area (Å²) in [5, 5.41) is 3.21. The Morgan fingerprint density at radius 1 is 0.889 bits per heavy atom. The van der Waals surface area contributed by atoms with Crippen LogP contribution < -0.4 is 5.32 Å². The second kappa shape index (κ2) is 10.6. The van der Waals surface area contributed by atoms with Crippen molar-refractivity contribution in [3.8, 4) is 0 Å². The van der Waals surface area contributed by atoms with E-state index >= 15 is 0 Å². The number of nitrogens with one attached hydrogen (secondary N) is 1. The SMILES string of the molecule is CCCCCCNCCN(CCC)CC(F)(F)F. The van der Waals surface area contributed by atoms with Crippen molar-refractivity contribution in [2.75, 3.05) is 32.7 Å². The lowest BCUT2D eigenvalue weighted by Crippen LogP contribution is -2.39. The highest BCUT2D eigenvalue weighted by Crippen LogP contribution is 2.16. The van der Waals surface area contributed by atoms with Crippen molar-refractivity contribution >= 4 is 0 Å². The van der Waals surface area contributed by atoms with E-state index < -0.39 is 12.7 Å². The maximum absolute atomic E-state index is 12.3. The van der Waals surface area contributed by atoms with Gasteiger partial charge in [0.25, 0.3) is 0 Å². The Labute approximate surface area is 109 Å². The fourth-order valence-electron chi connectivity index (χ4n) is 1.88. The van der Waals surface area contributed by atoms with E-state index in [-0.39, 0.29) is 0 Å². The summed E-state index contributed by atoms with van der Waals surface area (Å²) < 4.78 is 36.8. The first-order valence-electron chi connectivity index (χ1n) is 6.99. The molecule has 110 valence electrons. The Balaban J connectivity index is 3.58. The third kappa shape index (κ3) is 12.2. The Kier molecular flexibility index (Phi) is 10.4. The van der Waals surface area contributed by atoms with Crippen LogP contribution in [0.2, 0.25) is 0 Å². The van der Waals surface area contributed by atoms with E-state index in [2.05, 4.69) is 12.2 Å². The predicted molar refractivity (Wildman–Crippen MR) is 69.8 cm³/mol. The van der Waals surface area contributed by atoms with Crippen molar-refractivity contribution in [1.29, 1.82) is 0 Å². The Morgan fingerprint density at radius 3 is 2.17 bits per heavy atom. The molecule has 2 nitrogen and oxygen atoms in total. The summed E-state index contributed by atoms with van der Waals surface area (Å²) in [7, 11) is 0. The molecule has 0 heterocycles. The smallest absolute Gasteiger partial charge is 0.315 e. The summed E-state index contributed by atoms with van der Waals surface area (Å²) in [6.07, 6.45) is 1.42. The number of hydrogen-bond acceptors (Lipinski definition) is 2. The molecule has 0 saturated heterocycles. The maximum atomic E-state index is 12.3. The normalized spacial score (nSPS) is 12.3. The van der Waals surface area contributed by atoms with E-state index in [4.69, 9.17) is 0 Å². The number of alkyl halides is 3. The van der Waals surface area contributed by atoms with Crippen molar-refractivity contribution in [2.24, 2.45) is 0 Å². The first kappa shape index (κ1) is 17.7. The molecule has 0 aromatic rings. The molecule has 0 aliphatic heterocycles. The van der Waals surface area contributed by atoms with Crippen molar-refractivity contribution < 1.29 is 13.2 Å². The summed E-state index contributed by atoms with van der Waals surface area (Å²) in [5.41, 5.74) is 0. The van der Waals surface area contributed by atoms with Crippen LogP contribution in [0.1, 0.15) is 46.0 Å². The quantitative estimate of drug-likeness (QED) is 0.578. The molecule has 0 aliphatic rings. The van der Waals surface area contributed by atoms with E-state index in [0.717, 1.165) is 19.4 Å². The second-order valence-electron chi connectivity index (χ2n) is 4.70. The van der Waals surface area contributed by atoms with Crippen LogP contribution in [-0.4, -0.2) is 43.8 Å². The first-order chi connectivity index (χ1) is 8.49. The fourth-order valence-corrected chi connectivity index (χ4v) is 1.88. The van der Waals surface area contributed by atoms with Gasteiger partial charge in [0, 0.05) is 13.1 Å². The fraction of sp³-hybridized carbons (Fsp3) is 1.00. The van der Waals surface area contributed by atoms with Crippen LogP contribution in [0.4, 0.5) is 13.2 Å². The van der Waals surface area contributed by atoms with Crippen molar-refractivity contribution in [1.82, 2.24) is 10.2 Å². The summed E-state index contributed by atoms with van der Waals surface area (Å²) in [4.78, 5) is 1.47. The van der Waals surface area contributed by atoms with Gasteiger partial charge in [0.2, 0.25) is 0 Å². The monoisotopic (exact) mass is 268 g/mol. The Hall–Kier alpha value is -0.290. The van der Waals surface area contributed by atoms with Crippen molar-refractivity contribution in [2.45, 2.75) is 52.1 Å². The summed E-state index contributed by atoms with van der Waals surface area (Å²) in [6, 6.07) is 0. The van der Waals surface area contributed by atoms with Gasteiger partial charge >= 0.3 is 6.18 Å². The van der Waals surface area contributed by atoms with E-state index in [0.29, 0.717) is 19.6 Å². The molecule has 0 amide bonds. The van der Waals surface area contributed by atoms with Gasteiger partial charge in [-0.2, -0.15) is 13.2 Å². The predicted octanol–water partition coefficient (Wildman–Crippen LogP) is 3.43.